The molecule has 1 N–H and O–H groups in total. The average Bonchev–Trinajstić information content (AvgIpc) is 2.78. The van der Waals surface area contributed by atoms with Crippen molar-refractivity contribution in [3.8, 4) is 11.5 Å². The summed E-state index contributed by atoms with van der Waals surface area (Å²) in [6, 6.07) is 21.5. The molecule has 0 fully saturated rings. The van der Waals surface area contributed by atoms with Crippen LogP contribution in [0.25, 0.3) is 21.5 Å². The number of hydrazone groups is 1. The third-order valence-electron chi connectivity index (χ3n) is 4.77. The van der Waals surface area contributed by atoms with E-state index in [2.05, 4.69) is 42.4 Å². The van der Waals surface area contributed by atoms with Crippen LogP contribution in [0.4, 0.5) is 0 Å². The maximum atomic E-state index is 12.2. The van der Waals surface area contributed by atoms with E-state index in [4.69, 9.17) is 9.47 Å². The fraction of sp³-hybridized carbons (Fsp3) is 0.0833. The number of hydrogen-bond acceptors (Lipinski definition) is 4. The topological polar surface area (TPSA) is 59.9 Å². The van der Waals surface area contributed by atoms with Gasteiger partial charge in [-0.05, 0) is 61.7 Å². The maximum absolute atomic E-state index is 12.2. The molecule has 0 heterocycles. The van der Waals surface area contributed by atoms with Gasteiger partial charge in [0.15, 0.2) is 6.61 Å². The molecule has 0 aliphatic heterocycles. The van der Waals surface area contributed by atoms with Crippen molar-refractivity contribution in [1.29, 1.82) is 0 Å². The lowest BCUT2D eigenvalue weighted by molar-refractivity contribution is -0.123. The van der Waals surface area contributed by atoms with Gasteiger partial charge in [0.25, 0.3) is 5.91 Å². The largest absolute Gasteiger partial charge is 0.496 e. The molecule has 0 radical (unpaired) electrons. The number of halogens is 2. The van der Waals surface area contributed by atoms with Crippen LogP contribution >= 0.6 is 31.9 Å². The molecule has 4 aromatic rings. The van der Waals surface area contributed by atoms with Crippen LogP contribution in [0.15, 0.2) is 80.8 Å². The van der Waals surface area contributed by atoms with Crippen LogP contribution in [0.1, 0.15) is 5.56 Å². The fourth-order valence-electron chi connectivity index (χ4n) is 3.29. The highest BCUT2D eigenvalue weighted by Gasteiger charge is 2.10. The zero-order valence-electron chi connectivity index (χ0n) is 16.6. The summed E-state index contributed by atoms with van der Waals surface area (Å²) in [7, 11) is 1.61. The van der Waals surface area contributed by atoms with E-state index in [1.165, 1.54) is 0 Å². The van der Waals surface area contributed by atoms with Gasteiger partial charge in [0.2, 0.25) is 0 Å². The number of hydrogen-bond donors (Lipinski definition) is 1. The molecule has 0 aliphatic rings. The van der Waals surface area contributed by atoms with E-state index in [-0.39, 0.29) is 12.5 Å². The average molecular weight is 542 g/mol. The van der Waals surface area contributed by atoms with Gasteiger partial charge in [-0.1, -0.05) is 58.4 Å². The van der Waals surface area contributed by atoms with Crippen LogP contribution in [0.5, 0.6) is 11.5 Å². The first-order chi connectivity index (χ1) is 15.1. The van der Waals surface area contributed by atoms with Crippen molar-refractivity contribution in [1.82, 2.24) is 5.43 Å². The predicted molar refractivity (Wildman–Crippen MR) is 131 cm³/mol. The summed E-state index contributed by atoms with van der Waals surface area (Å²) in [5, 5.41) is 8.21. The van der Waals surface area contributed by atoms with Crippen LogP contribution in [-0.2, 0) is 4.79 Å². The monoisotopic (exact) mass is 540 g/mol. The van der Waals surface area contributed by atoms with Gasteiger partial charge in [-0.25, -0.2) is 5.43 Å². The smallest absolute Gasteiger partial charge is 0.277 e. The van der Waals surface area contributed by atoms with Gasteiger partial charge in [0.1, 0.15) is 11.5 Å². The molecule has 156 valence electrons. The number of carbonyl (C=O) groups excluding carboxylic acids is 1. The molecule has 0 saturated heterocycles. The summed E-state index contributed by atoms with van der Waals surface area (Å²) in [6.07, 6.45) is 1.59. The molecule has 0 aromatic heterocycles. The molecule has 0 aliphatic carbocycles. The first kappa shape index (κ1) is 21.3. The molecule has 7 heteroatoms. The van der Waals surface area contributed by atoms with Gasteiger partial charge in [0.05, 0.1) is 17.8 Å². The summed E-state index contributed by atoms with van der Waals surface area (Å²) >= 11 is 7.03. The Morgan fingerprint density at radius 1 is 0.968 bits per heavy atom. The van der Waals surface area contributed by atoms with Crippen molar-refractivity contribution in [2.24, 2.45) is 5.10 Å². The van der Waals surface area contributed by atoms with Gasteiger partial charge in [-0.2, -0.15) is 5.10 Å². The first-order valence-electron chi connectivity index (χ1n) is 9.45. The van der Waals surface area contributed by atoms with Crippen LogP contribution < -0.4 is 14.9 Å². The lowest BCUT2D eigenvalue weighted by Gasteiger charge is -2.10. The first-order valence-corrected chi connectivity index (χ1v) is 11.0. The van der Waals surface area contributed by atoms with Gasteiger partial charge in [-0.3, -0.25) is 4.79 Å². The third-order valence-corrected chi connectivity index (χ3v) is 6.08. The minimum atomic E-state index is -0.363. The molecular formula is C24H18Br2N2O3. The van der Waals surface area contributed by atoms with E-state index in [0.29, 0.717) is 11.5 Å². The molecule has 0 saturated carbocycles. The Bertz CT molecular complexity index is 1300. The van der Waals surface area contributed by atoms with Gasteiger partial charge in [0, 0.05) is 10.0 Å². The van der Waals surface area contributed by atoms with Crippen molar-refractivity contribution in [3.05, 3.63) is 81.2 Å². The highest BCUT2D eigenvalue weighted by molar-refractivity contribution is 9.11. The second-order valence-electron chi connectivity index (χ2n) is 6.73. The van der Waals surface area contributed by atoms with E-state index >= 15 is 0 Å². The van der Waals surface area contributed by atoms with Crippen LogP contribution in [0, 0.1) is 0 Å². The number of benzene rings is 4. The predicted octanol–water partition coefficient (Wildman–Crippen LogP) is 6.06. The number of methoxy groups -OCH3 is 1. The van der Waals surface area contributed by atoms with Crippen molar-refractivity contribution >= 4 is 65.5 Å². The fourth-order valence-corrected chi connectivity index (χ4v) is 4.27. The number of rotatable bonds is 6. The molecule has 0 spiro atoms. The van der Waals surface area contributed by atoms with Crippen LogP contribution in [-0.4, -0.2) is 25.8 Å². The zero-order chi connectivity index (χ0) is 21.8. The molecule has 5 nitrogen and oxygen atoms in total. The molecule has 1 amide bonds. The Labute approximate surface area is 196 Å². The number of carbonyl (C=O) groups is 1. The number of nitrogens with one attached hydrogen (secondary N) is 1. The molecule has 0 bridgehead atoms. The van der Waals surface area contributed by atoms with Gasteiger partial charge >= 0.3 is 0 Å². The van der Waals surface area contributed by atoms with E-state index in [0.717, 1.165) is 36.1 Å². The van der Waals surface area contributed by atoms with Crippen molar-refractivity contribution in [2.45, 2.75) is 0 Å². The molecule has 0 atom stereocenters. The Hall–Kier alpha value is -2.90. The van der Waals surface area contributed by atoms with Crippen LogP contribution in [0.3, 0.4) is 0 Å². The van der Waals surface area contributed by atoms with Gasteiger partial charge in [-0.15, -0.1) is 0 Å². The minimum absolute atomic E-state index is 0.162. The summed E-state index contributed by atoms with van der Waals surface area (Å²) < 4.78 is 12.9. The Kier molecular flexibility index (Phi) is 6.53. The number of amides is 1. The van der Waals surface area contributed by atoms with Crippen LogP contribution in [0.2, 0.25) is 0 Å². The standard InChI is InChI=1S/C24H18Br2N2O3/c1-30-21-10-6-15-4-2-3-5-18(15)20(21)13-27-28-23(29)14-31-22-11-7-16-12-17(25)8-9-19(16)24(22)26/h2-13H,14H2,1H3,(H,28,29). The lowest BCUT2D eigenvalue weighted by Crippen LogP contribution is -2.24. The summed E-state index contributed by atoms with van der Waals surface area (Å²) in [6.45, 7) is -0.162. The summed E-state index contributed by atoms with van der Waals surface area (Å²) in [5.74, 6) is 0.905. The molecule has 4 aromatic carbocycles. The van der Waals surface area contributed by atoms with E-state index < -0.39 is 0 Å². The highest BCUT2D eigenvalue weighted by atomic mass is 79.9. The molecule has 31 heavy (non-hydrogen) atoms. The number of ether oxygens (including phenoxy) is 2. The van der Waals surface area contributed by atoms with Gasteiger partial charge < -0.3 is 9.47 Å². The molecular weight excluding hydrogens is 524 g/mol. The van der Waals surface area contributed by atoms with E-state index in [9.17, 15) is 4.79 Å². The van der Waals surface area contributed by atoms with E-state index in [1.807, 2.05) is 66.7 Å². The van der Waals surface area contributed by atoms with E-state index in [1.54, 1.807) is 13.3 Å². The SMILES string of the molecule is COc1ccc2ccccc2c1C=NNC(=O)COc1ccc2cc(Br)ccc2c1Br. The number of fused-ring (bicyclic) bond motifs is 2. The second kappa shape index (κ2) is 9.49. The normalized spacial score (nSPS) is 11.2. The van der Waals surface area contributed by atoms with Crippen molar-refractivity contribution < 1.29 is 14.3 Å². The maximum Gasteiger partial charge on any atom is 0.277 e. The Balaban J connectivity index is 1.44. The van der Waals surface area contributed by atoms with Crippen molar-refractivity contribution in [3.63, 3.8) is 0 Å². The Morgan fingerprint density at radius 3 is 2.58 bits per heavy atom. The third kappa shape index (κ3) is 4.73. The molecule has 4 rings (SSSR count). The van der Waals surface area contributed by atoms with Crippen molar-refractivity contribution in [2.75, 3.05) is 13.7 Å². The summed E-state index contributed by atoms with van der Waals surface area (Å²) in [5.41, 5.74) is 3.31. The molecule has 0 unspecified atom stereocenters. The zero-order valence-corrected chi connectivity index (χ0v) is 19.7. The quantitative estimate of drug-likeness (QED) is 0.238. The summed E-state index contributed by atoms with van der Waals surface area (Å²) in [4.78, 5) is 12.2. The minimum Gasteiger partial charge on any atom is -0.496 e. The lowest BCUT2D eigenvalue weighted by atomic mass is 10.0. The number of nitrogens with zero attached hydrogens (tertiary/aromatic N) is 1. The second-order valence-corrected chi connectivity index (χ2v) is 8.44. The highest BCUT2D eigenvalue weighted by Crippen LogP contribution is 2.34. The Morgan fingerprint density at radius 2 is 1.74 bits per heavy atom.